The highest BCUT2D eigenvalue weighted by Crippen LogP contribution is 2.35. The summed E-state index contributed by atoms with van der Waals surface area (Å²) in [5, 5.41) is 0. The molecule has 6 nitrogen and oxygen atoms in total. The maximum atomic E-state index is 12.6. The number of benzene rings is 1. The molecule has 0 unspecified atom stereocenters. The van der Waals surface area contributed by atoms with E-state index in [-0.39, 0.29) is 23.2 Å². The molecule has 3 aliphatic rings. The Morgan fingerprint density at radius 3 is 2.71 bits per heavy atom. The average Bonchev–Trinajstić information content (AvgIpc) is 2.76. The molecule has 1 aromatic rings. The van der Waals surface area contributed by atoms with Crippen molar-refractivity contribution in [1.82, 2.24) is 4.90 Å². The van der Waals surface area contributed by atoms with Gasteiger partial charge in [-0.3, -0.25) is 4.99 Å². The van der Waals surface area contributed by atoms with Crippen LogP contribution in [0.4, 0.5) is 0 Å². The molecule has 9 heteroatoms. The SMILES string of the molecule is CC1=CC[C@@H]2N=C(N3CCS(=O)(=O)c4ccccc4C3)C=C(S(=O)(=O)Cl)C2=C1. The van der Waals surface area contributed by atoms with Crippen LogP contribution in [0, 0.1) is 0 Å². The van der Waals surface area contributed by atoms with E-state index in [2.05, 4.69) is 0 Å². The van der Waals surface area contributed by atoms with Crippen molar-refractivity contribution in [2.75, 3.05) is 12.3 Å². The summed E-state index contributed by atoms with van der Waals surface area (Å²) in [5.41, 5.74) is 2.22. The lowest BCUT2D eigenvalue weighted by Gasteiger charge is -2.30. The largest absolute Gasteiger partial charge is 0.351 e. The molecule has 2 heterocycles. The molecule has 28 heavy (non-hydrogen) atoms. The van der Waals surface area contributed by atoms with Crippen molar-refractivity contribution in [2.24, 2.45) is 4.99 Å². The van der Waals surface area contributed by atoms with E-state index in [0.29, 0.717) is 34.8 Å². The number of aliphatic imine (C=N–C) groups is 1. The Balaban J connectivity index is 1.78. The van der Waals surface area contributed by atoms with Crippen LogP contribution in [0.3, 0.4) is 0 Å². The van der Waals surface area contributed by atoms with Crippen LogP contribution < -0.4 is 0 Å². The molecule has 0 bridgehead atoms. The Morgan fingerprint density at radius 1 is 1.21 bits per heavy atom. The minimum atomic E-state index is -3.97. The van der Waals surface area contributed by atoms with Crippen molar-refractivity contribution in [1.29, 1.82) is 0 Å². The fourth-order valence-corrected chi connectivity index (χ4v) is 6.34. The van der Waals surface area contributed by atoms with E-state index in [9.17, 15) is 16.8 Å². The molecule has 0 spiro atoms. The number of rotatable bonds is 1. The molecule has 1 atom stereocenters. The summed E-state index contributed by atoms with van der Waals surface area (Å²) in [7, 11) is -1.66. The quantitative estimate of drug-likeness (QED) is 0.629. The van der Waals surface area contributed by atoms with Crippen molar-refractivity contribution in [3.8, 4) is 0 Å². The van der Waals surface area contributed by atoms with E-state index < -0.39 is 18.9 Å². The van der Waals surface area contributed by atoms with Crippen LogP contribution in [0.25, 0.3) is 0 Å². The van der Waals surface area contributed by atoms with Gasteiger partial charge >= 0.3 is 0 Å². The normalized spacial score (nSPS) is 24.1. The summed E-state index contributed by atoms with van der Waals surface area (Å²) in [6.45, 7) is 2.46. The summed E-state index contributed by atoms with van der Waals surface area (Å²) in [6.07, 6.45) is 5.83. The van der Waals surface area contributed by atoms with Gasteiger partial charge in [0.05, 0.1) is 21.6 Å². The maximum absolute atomic E-state index is 12.6. The first-order chi connectivity index (χ1) is 13.1. The summed E-state index contributed by atoms with van der Waals surface area (Å²) in [4.78, 5) is 6.89. The van der Waals surface area contributed by atoms with Crippen molar-refractivity contribution < 1.29 is 16.8 Å². The van der Waals surface area contributed by atoms with E-state index in [4.69, 9.17) is 15.7 Å². The van der Waals surface area contributed by atoms with Crippen LogP contribution in [0.15, 0.2) is 68.4 Å². The summed E-state index contributed by atoms with van der Waals surface area (Å²) >= 11 is 0. The van der Waals surface area contributed by atoms with Gasteiger partial charge in [0.15, 0.2) is 9.84 Å². The van der Waals surface area contributed by atoms with Crippen molar-refractivity contribution >= 4 is 35.4 Å². The number of amidine groups is 1. The van der Waals surface area contributed by atoms with E-state index >= 15 is 0 Å². The summed E-state index contributed by atoms with van der Waals surface area (Å²) < 4.78 is 49.6. The number of hydrogen-bond acceptors (Lipinski definition) is 6. The lowest BCUT2D eigenvalue weighted by molar-refractivity contribution is 0.435. The third kappa shape index (κ3) is 3.56. The first-order valence-corrected chi connectivity index (χ1v) is 12.8. The molecule has 0 fully saturated rings. The van der Waals surface area contributed by atoms with Crippen LogP contribution in [0.2, 0.25) is 0 Å². The van der Waals surface area contributed by atoms with Gasteiger partial charge in [-0.15, -0.1) is 0 Å². The Labute approximate surface area is 169 Å². The van der Waals surface area contributed by atoms with Gasteiger partial charge in [0.25, 0.3) is 9.05 Å². The number of allylic oxidation sites excluding steroid dienone is 2. The van der Waals surface area contributed by atoms with Crippen LogP contribution in [-0.4, -0.2) is 45.9 Å². The highest BCUT2D eigenvalue weighted by Gasteiger charge is 2.33. The zero-order valence-corrected chi connectivity index (χ0v) is 17.6. The lowest BCUT2D eigenvalue weighted by atomic mass is 9.93. The molecule has 0 saturated heterocycles. The third-order valence-electron chi connectivity index (χ3n) is 5.12. The molecule has 0 N–H and O–H groups in total. The number of sulfone groups is 1. The van der Waals surface area contributed by atoms with E-state index in [1.54, 1.807) is 30.3 Å². The van der Waals surface area contributed by atoms with Gasteiger partial charge in [0.1, 0.15) is 5.84 Å². The fourth-order valence-electron chi connectivity index (χ4n) is 3.72. The maximum Gasteiger partial charge on any atom is 0.261 e. The Kier molecular flexibility index (Phi) is 4.76. The van der Waals surface area contributed by atoms with Crippen molar-refractivity contribution in [3.63, 3.8) is 0 Å². The van der Waals surface area contributed by atoms with Gasteiger partial charge in [0, 0.05) is 29.8 Å². The van der Waals surface area contributed by atoms with E-state index in [1.165, 1.54) is 6.08 Å². The fraction of sp³-hybridized carbons (Fsp3) is 0.316. The third-order valence-corrected chi connectivity index (χ3v) is 8.29. The molecular weight excluding hydrogens is 420 g/mol. The van der Waals surface area contributed by atoms with Gasteiger partial charge in [-0.25, -0.2) is 16.8 Å². The molecule has 148 valence electrons. The number of dihydropyridines is 1. The standard InChI is InChI=1S/C19H19ClN2O4S2/c1-13-6-7-16-15(10-13)18(28(20,25)26)11-19(21-16)22-8-9-27(23,24)17-5-3-2-4-14(17)12-22/h2-6,10-11,16H,7-9,12H2,1H3/t16-/m0/s1. The smallest absolute Gasteiger partial charge is 0.261 e. The zero-order chi connectivity index (χ0) is 20.1. The highest BCUT2D eigenvalue weighted by atomic mass is 35.7. The van der Waals surface area contributed by atoms with Crippen LogP contribution in [0.1, 0.15) is 18.9 Å². The van der Waals surface area contributed by atoms with Gasteiger partial charge in [-0.05, 0) is 30.5 Å². The van der Waals surface area contributed by atoms with Gasteiger partial charge in [-0.1, -0.05) is 35.9 Å². The van der Waals surface area contributed by atoms with Crippen LogP contribution >= 0.6 is 10.7 Å². The first kappa shape index (κ1) is 19.4. The predicted octanol–water partition coefficient (Wildman–Crippen LogP) is 2.79. The monoisotopic (exact) mass is 438 g/mol. The molecule has 0 aromatic heterocycles. The molecule has 0 saturated carbocycles. The average molecular weight is 439 g/mol. The van der Waals surface area contributed by atoms with Gasteiger partial charge in [-0.2, -0.15) is 0 Å². The topological polar surface area (TPSA) is 83.9 Å². The number of fused-ring (bicyclic) bond motifs is 2. The molecule has 0 radical (unpaired) electrons. The van der Waals surface area contributed by atoms with Crippen molar-refractivity contribution in [3.05, 3.63) is 64.1 Å². The number of nitrogens with zero attached hydrogens (tertiary/aromatic N) is 2. The summed E-state index contributed by atoms with van der Waals surface area (Å²) in [5.74, 6) is 0.382. The Morgan fingerprint density at radius 2 is 1.96 bits per heavy atom. The molecule has 4 rings (SSSR count). The molecule has 0 amide bonds. The number of hydrogen-bond donors (Lipinski definition) is 0. The minimum Gasteiger partial charge on any atom is -0.351 e. The minimum absolute atomic E-state index is 0.0389. The van der Waals surface area contributed by atoms with Gasteiger partial charge in [0.2, 0.25) is 0 Å². The second-order valence-electron chi connectivity index (χ2n) is 7.08. The van der Waals surface area contributed by atoms with Crippen molar-refractivity contribution in [2.45, 2.75) is 30.8 Å². The van der Waals surface area contributed by atoms with Crippen LogP contribution in [0.5, 0.6) is 0 Å². The Hall–Kier alpha value is -1.90. The van der Waals surface area contributed by atoms with E-state index in [1.807, 2.05) is 17.9 Å². The molecular formula is C19H19ClN2O4S2. The second-order valence-corrected chi connectivity index (χ2v) is 11.7. The summed E-state index contributed by atoms with van der Waals surface area (Å²) in [6, 6.07) is 6.53. The first-order valence-electron chi connectivity index (χ1n) is 8.84. The highest BCUT2D eigenvalue weighted by molar-refractivity contribution is 8.17. The molecule has 1 aliphatic carbocycles. The lowest BCUT2D eigenvalue weighted by Crippen LogP contribution is -2.35. The second kappa shape index (κ2) is 6.86. The molecule has 2 aliphatic heterocycles. The van der Waals surface area contributed by atoms with E-state index in [0.717, 1.165) is 5.57 Å². The van der Waals surface area contributed by atoms with Gasteiger partial charge < -0.3 is 4.90 Å². The predicted molar refractivity (Wildman–Crippen MR) is 109 cm³/mol. The zero-order valence-electron chi connectivity index (χ0n) is 15.2. The number of halogens is 1. The molecule has 1 aromatic carbocycles. The van der Waals surface area contributed by atoms with Crippen LogP contribution in [-0.2, 0) is 25.4 Å². The Bertz CT molecular complexity index is 1180.